The van der Waals surface area contributed by atoms with Crippen LogP contribution >= 0.6 is 23.5 Å². The third-order valence-electron chi connectivity index (χ3n) is 3.91. The minimum atomic E-state index is -0.343. The van der Waals surface area contributed by atoms with Gasteiger partial charge in [-0.15, -0.1) is 11.8 Å². The average Bonchev–Trinajstić information content (AvgIpc) is 2.90. The second-order valence-corrected chi connectivity index (χ2v) is 7.61. The van der Waals surface area contributed by atoms with Crippen LogP contribution in [-0.2, 0) is 11.2 Å². The van der Waals surface area contributed by atoms with Gasteiger partial charge in [-0.3, -0.25) is 14.5 Å². The van der Waals surface area contributed by atoms with E-state index >= 15 is 0 Å². The molecule has 1 saturated heterocycles. The first-order chi connectivity index (χ1) is 12.2. The molecule has 3 rings (SSSR count). The highest BCUT2D eigenvalue weighted by Crippen LogP contribution is 2.30. The summed E-state index contributed by atoms with van der Waals surface area (Å²) in [7, 11) is 0. The van der Waals surface area contributed by atoms with E-state index in [2.05, 4.69) is 0 Å². The number of amides is 2. The first-order valence-corrected chi connectivity index (χ1v) is 10.1. The fourth-order valence-electron chi connectivity index (χ4n) is 2.58. The molecular formula is C19H19NO3S2. The predicted octanol–water partition coefficient (Wildman–Crippen LogP) is 4.09. The molecule has 0 radical (unpaired) electrons. The summed E-state index contributed by atoms with van der Waals surface area (Å²) < 4.78 is 5.59. The van der Waals surface area contributed by atoms with Crippen molar-refractivity contribution in [2.45, 2.75) is 16.6 Å². The van der Waals surface area contributed by atoms with Crippen LogP contribution in [0.25, 0.3) is 0 Å². The van der Waals surface area contributed by atoms with Crippen LogP contribution in [0.1, 0.15) is 5.56 Å². The van der Waals surface area contributed by atoms with Crippen molar-refractivity contribution < 1.29 is 14.3 Å². The van der Waals surface area contributed by atoms with Crippen LogP contribution in [0, 0.1) is 0 Å². The van der Waals surface area contributed by atoms with E-state index in [0.717, 1.165) is 23.1 Å². The first-order valence-electron chi connectivity index (χ1n) is 8.00. The fraction of sp³-hybridized carbons (Fsp3) is 0.263. The third kappa shape index (κ3) is 4.58. The molecule has 4 nitrogen and oxygen atoms in total. The highest BCUT2D eigenvalue weighted by Gasteiger charge is 2.39. The van der Waals surface area contributed by atoms with Gasteiger partial charge in [0.2, 0.25) is 5.91 Å². The molecule has 2 aromatic rings. The lowest BCUT2D eigenvalue weighted by atomic mass is 10.1. The zero-order valence-electron chi connectivity index (χ0n) is 13.9. The van der Waals surface area contributed by atoms with Crippen molar-refractivity contribution in [3.63, 3.8) is 0 Å². The maximum atomic E-state index is 12.5. The Morgan fingerprint density at radius 2 is 1.80 bits per heavy atom. The molecule has 0 saturated carbocycles. The quantitative estimate of drug-likeness (QED) is 0.684. The van der Waals surface area contributed by atoms with Gasteiger partial charge in [0.15, 0.2) is 0 Å². The Morgan fingerprint density at radius 3 is 2.48 bits per heavy atom. The minimum Gasteiger partial charge on any atom is -0.492 e. The highest BCUT2D eigenvalue weighted by molar-refractivity contribution is 8.15. The van der Waals surface area contributed by atoms with Gasteiger partial charge in [-0.1, -0.05) is 42.1 Å². The van der Waals surface area contributed by atoms with Crippen LogP contribution in [0.15, 0.2) is 59.5 Å². The number of para-hydroxylation sites is 1. The minimum absolute atomic E-state index is 0.124. The van der Waals surface area contributed by atoms with Crippen molar-refractivity contribution in [3.8, 4) is 5.75 Å². The van der Waals surface area contributed by atoms with Gasteiger partial charge in [0, 0.05) is 4.90 Å². The van der Waals surface area contributed by atoms with Gasteiger partial charge < -0.3 is 4.74 Å². The molecule has 0 aliphatic carbocycles. The summed E-state index contributed by atoms with van der Waals surface area (Å²) in [5.74, 6) is 0.611. The monoisotopic (exact) mass is 373 g/mol. The number of nitrogens with zero attached hydrogens (tertiary/aromatic N) is 1. The molecule has 2 amide bonds. The Balaban J connectivity index is 1.54. The number of carbonyl (C=O) groups excluding carboxylic acids is 2. The second kappa shape index (κ2) is 8.45. The Hall–Kier alpha value is -1.92. The lowest BCUT2D eigenvalue weighted by molar-refractivity contribution is -0.126. The molecule has 130 valence electrons. The summed E-state index contributed by atoms with van der Waals surface area (Å²) in [4.78, 5) is 27.1. The Kier molecular flexibility index (Phi) is 6.04. The number of hydrogen-bond acceptors (Lipinski definition) is 5. The highest BCUT2D eigenvalue weighted by atomic mass is 32.2. The molecule has 6 heteroatoms. The van der Waals surface area contributed by atoms with Gasteiger partial charge in [-0.05, 0) is 42.5 Å². The lowest BCUT2D eigenvalue weighted by Crippen LogP contribution is -2.35. The Bertz CT molecular complexity index is 734. The van der Waals surface area contributed by atoms with Gasteiger partial charge in [0.25, 0.3) is 5.24 Å². The van der Waals surface area contributed by atoms with Gasteiger partial charge in [0.1, 0.15) is 12.4 Å². The maximum Gasteiger partial charge on any atom is 0.289 e. The van der Waals surface area contributed by atoms with Crippen molar-refractivity contribution >= 4 is 34.7 Å². The van der Waals surface area contributed by atoms with Crippen LogP contribution in [-0.4, -0.2) is 40.7 Å². The van der Waals surface area contributed by atoms with Crippen molar-refractivity contribution in [1.82, 2.24) is 4.90 Å². The lowest BCUT2D eigenvalue weighted by Gasteiger charge is -2.14. The van der Waals surface area contributed by atoms with E-state index in [9.17, 15) is 9.59 Å². The molecule has 0 bridgehead atoms. The number of ether oxygens (including phenoxy) is 1. The molecule has 2 aromatic carbocycles. The number of imide groups is 1. The molecule has 1 heterocycles. The van der Waals surface area contributed by atoms with Crippen LogP contribution < -0.4 is 4.74 Å². The van der Waals surface area contributed by atoms with Crippen molar-refractivity contribution in [2.24, 2.45) is 0 Å². The van der Waals surface area contributed by atoms with E-state index in [1.807, 2.05) is 60.9 Å². The van der Waals surface area contributed by atoms with Gasteiger partial charge in [-0.2, -0.15) is 0 Å². The summed E-state index contributed by atoms with van der Waals surface area (Å²) in [6.07, 6.45) is 2.60. The average molecular weight is 373 g/mol. The molecule has 1 atom stereocenters. The number of hydrogen-bond donors (Lipinski definition) is 0. The molecular weight excluding hydrogens is 354 g/mol. The molecule has 25 heavy (non-hydrogen) atoms. The summed E-state index contributed by atoms with van der Waals surface area (Å²) >= 11 is 2.79. The fourth-order valence-corrected chi connectivity index (χ4v) is 4.04. The van der Waals surface area contributed by atoms with Crippen molar-refractivity contribution in [1.29, 1.82) is 0 Å². The van der Waals surface area contributed by atoms with Gasteiger partial charge in [0.05, 0.1) is 11.8 Å². The van der Waals surface area contributed by atoms with Crippen LogP contribution in [0.3, 0.4) is 0 Å². The summed E-state index contributed by atoms with van der Waals surface area (Å²) in [5.41, 5.74) is 1.07. The predicted molar refractivity (Wildman–Crippen MR) is 102 cm³/mol. The van der Waals surface area contributed by atoms with Crippen molar-refractivity contribution in [2.75, 3.05) is 19.4 Å². The van der Waals surface area contributed by atoms with Crippen LogP contribution in [0.5, 0.6) is 5.75 Å². The Labute approximate surface area is 155 Å². The molecule has 1 fully saturated rings. The number of benzene rings is 2. The van der Waals surface area contributed by atoms with Crippen LogP contribution in [0.2, 0.25) is 0 Å². The molecule has 0 aromatic heterocycles. The van der Waals surface area contributed by atoms with Gasteiger partial charge >= 0.3 is 0 Å². The molecule has 0 unspecified atom stereocenters. The zero-order valence-corrected chi connectivity index (χ0v) is 15.5. The molecule has 1 aliphatic rings. The maximum absolute atomic E-state index is 12.5. The summed E-state index contributed by atoms with van der Waals surface area (Å²) in [5, 5.41) is -0.531. The number of carbonyl (C=O) groups is 2. The molecule has 0 spiro atoms. The van der Waals surface area contributed by atoms with Crippen LogP contribution in [0.4, 0.5) is 4.79 Å². The van der Waals surface area contributed by atoms with Gasteiger partial charge in [-0.25, -0.2) is 0 Å². The Morgan fingerprint density at radius 1 is 1.08 bits per heavy atom. The normalized spacial score (nSPS) is 17.2. The SMILES string of the molecule is CSc1ccc(C[C@@H]2SC(=O)N(CCOc3ccccc3)C2=O)cc1. The summed E-state index contributed by atoms with van der Waals surface area (Å²) in [6.45, 7) is 0.582. The second-order valence-electron chi connectivity index (χ2n) is 5.58. The zero-order chi connectivity index (χ0) is 17.6. The standard InChI is InChI=1S/C19H19NO3S2/c1-24-16-9-7-14(8-10-16)13-17-18(21)20(19(22)25-17)11-12-23-15-5-3-2-4-6-15/h2-10,17H,11-13H2,1H3/t17-/m0/s1. The topological polar surface area (TPSA) is 46.6 Å². The summed E-state index contributed by atoms with van der Waals surface area (Å²) in [6, 6.07) is 17.5. The third-order valence-corrected chi connectivity index (χ3v) is 5.73. The van der Waals surface area contributed by atoms with E-state index < -0.39 is 0 Å². The molecule has 1 aliphatic heterocycles. The van der Waals surface area contributed by atoms with E-state index in [1.54, 1.807) is 11.8 Å². The number of rotatable bonds is 7. The first kappa shape index (κ1) is 17.9. The van der Waals surface area contributed by atoms with E-state index in [0.29, 0.717) is 13.0 Å². The van der Waals surface area contributed by atoms with E-state index in [4.69, 9.17) is 4.74 Å². The number of thioether (sulfide) groups is 2. The largest absolute Gasteiger partial charge is 0.492 e. The van der Waals surface area contributed by atoms with E-state index in [1.165, 1.54) is 9.80 Å². The molecule has 0 N–H and O–H groups in total. The van der Waals surface area contributed by atoms with Crippen molar-refractivity contribution in [3.05, 3.63) is 60.2 Å². The van der Waals surface area contributed by atoms with E-state index in [-0.39, 0.29) is 22.9 Å². The smallest absolute Gasteiger partial charge is 0.289 e.